The summed E-state index contributed by atoms with van der Waals surface area (Å²) in [5, 5.41) is 0. The summed E-state index contributed by atoms with van der Waals surface area (Å²) >= 11 is 0. The smallest absolute Gasteiger partial charge is 0.312 e. The normalized spacial score (nSPS) is 18.4. The minimum Gasteiger partial charge on any atom is -0.479 e. The molecular formula is C22H22N2O5. The fraction of sp³-hybridized carbons (Fsp3) is 0.318. The third-order valence-corrected chi connectivity index (χ3v) is 5.07. The van der Waals surface area contributed by atoms with Gasteiger partial charge < -0.3 is 19.3 Å². The third kappa shape index (κ3) is 3.94. The first-order valence-corrected chi connectivity index (χ1v) is 9.71. The van der Waals surface area contributed by atoms with Crippen molar-refractivity contribution in [3.05, 3.63) is 48.5 Å². The van der Waals surface area contributed by atoms with Crippen molar-refractivity contribution in [1.82, 2.24) is 0 Å². The molecule has 150 valence electrons. The topological polar surface area (TPSA) is 76.2 Å². The van der Waals surface area contributed by atoms with E-state index in [2.05, 4.69) is 0 Å². The lowest BCUT2D eigenvalue weighted by Crippen LogP contribution is -2.45. The van der Waals surface area contributed by atoms with E-state index < -0.39 is 12.1 Å². The molecule has 7 heteroatoms. The minimum atomic E-state index is -0.596. The second-order valence-electron chi connectivity index (χ2n) is 7.08. The summed E-state index contributed by atoms with van der Waals surface area (Å²) in [5.74, 6) is 0.530. The molecule has 0 saturated carbocycles. The van der Waals surface area contributed by atoms with Crippen molar-refractivity contribution in [3.63, 3.8) is 0 Å². The average Bonchev–Trinajstić information content (AvgIpc) is 3.15. The molecule has 0 aliphatic carbocycles. The van der Waals surface area contributed by atoms with Crippen molar-refractivity contribution in [2.45, 2.75) is 32.3 Å². The molecule has 4 rings (SSSR count). The van der Waals surface area contributed by atoms with Crippen molar-refractivity contribution in [2.75, 3.05) is 22.9 Å². The Morgan fingerprint density at radius 3 is 2.62 bits per heavy atom. The van der Waals surface area contributed by atoms with Crippen LogP contribution in [-0.4, -0.2) is 37.0 Å². The number of rotatable bonds is 5. The van der Waals surface area contributed by atoms with E-state index in [1.807, 2.05) is 12.1 Å². The van der Waals surface area contributed by atoms with Crippen LogP contribution in [0.4, 0.5) is 11.4 Å². The maximum atomic E-state index is 12.5. The van der Waals surface area contributed by atoms with Crippen molar-refractivity contribution < 1.29 is 23.9 Å². The van der Waals surface area contributed by atoms with Crippen LogP contribution in [0.2, 0.25) is 0 Å². The first-order chi connectivity index (χ1) is 14.0. The Morgan fingerprint density at radius 1 is 1.14 bits per heavy atom. The van der Waals surface area contributed by atoms with Crippen LogP contribution < -0.4 is 19.3 Å². The Morgan fingerprint density at radius 2 is 1.90 bits per heavy atom. The molecule has 1 atom stereocenters. The molecule has 2 aromatic carbocycles. The fourth-order valence-electron chi connectivity index (χ4n) is 3.59. The van der Waals surface area contributed by atoms with E-state index in [0.717, 1.165) is 12.1 Å². The van der Waals surface area contributed by atoms with E-state index in [4.69, 9.17) is 9.47 Å². The lowest BCUT2D eigenvalue weighted by Gasteiger charge is -2.32. The summed E-state index contributed by atoms with van der Waals surface area (Å²) in [7, 11) is 0. The molecule has 1 fully saturated rings. The monoisotopic (exact) mass is 394 g/mol. The summed E-state index contributed by atoms with van der Waals surface area (Å²) in [5.41, 5.74) is 1.46. The van der Waals surface area contributed by atoms with Gasteiger partial charge in [0.2, 0.25) is 5.91 Å². The number of fused-ring (bicyclic) bond motifs is 1. The molecule has 2 amide bonds. The molecule has 0 spiro atoms. The van der Waals surface area contributed by atoms with Gasteiger partial charge in [-0.05, 0) is 49.7 Å². The highest BCUT2D eigenvalue weighted by Gasteiger charge is 2.31. The number of anilines is 2. The molecule has 1 unspecified atom stereocenters. The quantitative estimate of drug-likeness (QED) is 0.576. The van der Waals surface area contributed by atoms with E-state index >= 15 is 0 Å². The maximum Gasteiger partial charge on any atom is 0.312 e. The molecule has 0 radical (unpaired) electrons. The number of benzene rings is 2. The van der Waals surface area contributed by atoms with Crippen molar-refractivity contribution >= 4 is 29.2 Å². The first-order valence-electron chi connectivity index (χ1n) is 9.71. The summed E-state index contributed by atoms with van der Waals surface area (Å²) < 4.78 is 11.0. The molecule has 2 aliphatic rings. The zero-order valence-electron chi connectivity index (χ0n) is 16.2. The van der Waals surface area contributed by atoms with Gasteiger partial charge in [0.25, 0.3) is 5.91 Å². The SMILES string of the molecule is CC1Oc2ccccc2N(CCC(=O)Oc2ccc(N3CCCC3=O)cc2)C1=O. The minimum absolute atomic E-state index is 0.0547. The van der Waals surface area contributed by atoms with Gasteiger partial charge in [-0.15, -0.1) is 0 Å². The number of carbonyl (C=O) groups is 3. The fourth-order valence-corrected chi connectivity index (χ4v) is 3.59. The van der Waals surface area contributed by atoms with Gasteiger partial charge in [-0.1, -0.05) is 12.1 Å². The van der Waals surface area contributed by atoms with Crippen LogP contribution in [0.5, 0.6) is 11.5 Å². The van der Waals surface area contributed by atoms with Crippen molar-refractivity contribution in [3.8, 4) is 11.5 Å². The lowest BCUT2D eigenvalue weighted by atomic mass is 10.2. The molecule has 0 N–H and O–H groups in total. The predicted molar refractivity (Wildman–Crippen MR) is 107 cm³/mol. The number of amides is 2. The van der Waals surface area contributed by atoms with Gasteiger partial charge in [-0.2, -0.15) is 0 Å². The van der Waals surface area contributed by atoms with Gasteiger partial charge in [0.15, 0.2) is 6.10 Å². The van der Waals surface area contributed by atoms with Gasteiger partial charge in [-0.25, -0.2) is 0 Å². The molecule has 7 nitrogen and oxygen atoms in total. The number of hydrogen-bond acceptors (Lipinski definition) is 5. The number of hydrogen-bond donors (Lipinski definition) is 0. The summed E-state index contributed by atoms with van der Waals surface area (Å²) in [6.45, 7) is 2.62. The van der Waals surface area contributed by atoms with Crippen LogP contribution in [0.25, 0.3) is 0 Å². The van der Waals surface area contributed by atoms with Crippen LogP contribution in [0.1, 0.15) is 26.2 Å². The Kier molecular flexibility index (Phi) is 5.20. The Labute approximate surface area is 168 Å². The van der Waals surface area contributed by atoms with Crippen LogP contribution in [0.15, 0.2) is 48.5 Å². The Hall–Kier alpha value is -3.35. The van der Waals surface area contributed by atoms with E-state index in [0.29, 0.717) is 30.2 Å². The molecule has 1 saturated heterocycles. The zero-order chi connectivity index (χ0) is 20.4. The van der Waals surface area contributed by atoms with Crippen molar-refractivity contribution in [2.24, 2.45) is 0 Å². The number of para-hydroxylation sites is 2. The molecule has 0 aromatic heterocycles. The van der Waals surface area contributed by atoms with Gasteiger partial charge >= 0.3 is 5.97 Å². The molecule has 2 aromatic rings. The second kappa shape index (κ2) is 7.95. The number of nitrogens with zero attached hydrogens (tertiary/aromatic N) is 2. The van der Waals surface area contributed by atoms with E-state index in [9.17, 15) is 14.4 Å². The highest BCUT2D eigenvalue weighted by molar-refractivity contribution is 6.00. The zero-order valence-corrected chi connectivity index (χ0v) is 16.2. The number of carbonyl (C=O) groups excluding carboxylic acids is 3. The number of ether oxygens (including phenoxy) is 2. The van der Waals surface area contributed by atoms with E-state index in [-0.39, 0.29) is 24.8 Å². The van der Waals surface area contributed by atoms with Crippen LogP contribution in [-0.2, 0) is 14.4 Å². The standard InChI is InChI=1S/C22H22N2O5/c1-15-22(27)24(18-5-2-3-6-19(18)28-15)14-12-21(26)29-17-10-8-16(9-11-17)23-13-4-7-20(23)25/h2-3,5-6,8-11,15H,4,7,12-14H2,1H3. The number of esters is 1. The Balaban J connectivity index is 1.37. The second-order valence-corrected chi connectivity index (χ2v) is 7.08. The van der Waals surface area contributed by atoms with Crippen LogP contribution in [0.3, 0.4) is 0 Å². The highest BCUT2D eigenvalue weighted by Crippen LogP contribution is 2.33. The molecule has 2 heterocycles. The van der Waals surface area contributed by atoms with E-state index in [1.54, 1.807) is 53.1 Å². The lowest BCUT2D eigenvalue weighted by molar-refractivity contribution is -0.134. The first kappa shape index (κ1) is 19.0. The van der Waals surface area contributed by atoms with Crippen LogP contribution in [0, 0.1) is 0 Å². The predicted octanol–water partition coefficient (Wildman–Crippen LogP) is 2.92. The molecular weight excluding hydrogens is 372 g/mol. The van der Waals surface area contributed by atoms with Gasteiger partial charge in [-0.3, -0.25) is 14.4 Å². The molecule has 0 bridgehead atoms. The summed E-state index contributed by atoms with van der Waals surface area (Å²) in [4.78, 5) is 39.9. The van der Waals surface area contributed by atoms with Crippen molar-refractivity contribution in [1.29, 1.82) is 0 Å². The van der Waals surface area contributed by atoms with E-state index in [1.165, 1.54) is 0 Å². The molecule has 2 aliphatic heterocycles. The maximum absolute atomic E-state index is 12.5. The largest absolute Gasteiger partial charge is 0.479 e. The van der Waals surface area contributed by atoms with Gasteiger partial charge in [0.05, 0.1) is 12.1 Å². The highest BCUT2D eigenvalue weighted by atomic mass is 16.5. The average molecular weight is 394 g/mol. The molecule has 29 heavy (non-hydrogen) atoms. The summed E-state index contributed by atoms with van der Waals surface area (Å²) in [6.07, 6.45) is 0.886. The van der Waals surface area contributed by atoms with Crippen LogP contribution >= 0.6 is 0 Å². The summed E-state index contributed by atoms with van der Waals surface area (Å²) in [6, 6.07) is 14.2. The third-order valence-electron chi connectivity index (χ3n) is 5.07. The Bertz CT molecular complexity index is 940. The van der Waals surface area contributed by atoms with Gasteiger partial charge in [0, 0.05) is 25.2 Å². The van der Waals surface area contributed by atoms with Gasteiger partial charge in [0.1, 0.15) is 11.5 Å².